The van der Waals surface area contributed by atoms with Gasteiger partial charge >= 0.3 is 17.9 Å². The lowest BCUT2D eigenvalue weighted by molar-refractivity contribution is -0.167. The molecule has 0 rings (SSSR count). The van der Waals surface area contributed by atoms with Crippen LogP contribution in [0.1, 0.15) is 374 Å². The molecule has 1 atom stereocenters. The van der Waals surface area contributed by atoms with Crippen molar-refractivity contribution >= 4 is 17.9 Å². The molecule has 1 unspecified atom stereocenters. The van der Waals surface area contributed by atoms with E-state index < -0.39 is 6.10 Å². The lowest BCUT2D eigenvalue weighted by atomic mass is 10.0. The lowest BCUT2D eigenvalue weighted by Gasteiger charge is -2.18. The third-order valence-electron chi connectivity index (χ3n) is 15.2. The fourth-order valence-electron chi connectivity index (χ4n) is 10.2. The van der Waals surface area contributed by atoms with E-state index >= 15 is 0 Å². The Bertz CT molecular complexity index is 1190. The standard InChI is InChI=1S/C68H128O6/c1-4-7-10-13-16-19-22-24-26-28-29-30-31-32-33-34-35-36-37-38-39-40-42-43-46-49-52-55-58-61-67(70)73-64-65(63-72-66(69)60-57-54-51-48-45-21-18-15-12-9-6-3)74-68(71)62-59-56-53-50-47-44-41-27-25-23-20-17-14-11-8-5-2/h22,24,28-29,65H,4-21,23,25-27,30-64H2,1-3H3/b24-22-,29-28-. The van der Waals surface area contributed by atoms with Crippen LogP contribution in [0, 0.1) is 0 Å². The number of unbranched alkanes of at least 4 members (excludes halogenated alkanes) is 47. The number of allylic oxidation sites excluding steroid dienone is 4. The summed E-state index contributed by atoms with van der Waals surface area (Å²) in [5.74, 6) is -0.836. The second kappa shape index (κ2) is 63.4. The average Bonchev–Trinajstić information content (AvgIpc) is 3.40. The van der Waals surface area contributed by atoms with Crippen LogP contribution in [-0.2, 0) is 28.6 Å². The van der Waals surface area contributed by atoms with E-state index in [1.165, 1.54) is 270 Å². The van der Waals surface area contributed by atoms with Gasteiger partial charge in [-0.1, -0.05) is 328 Å². The zero-order valence-electron chi connectivity index (χ0n) is 50.1. The molecule has 0 heterocycles. The Hall–Kier alpha value is -2.11. The number of rotatable bonds is 62. The summed E-state index contributed by atoms with van der Waals surface area (Å²) in [4.78, 5) is 38.2. The van der Waals surface area contributed by atoms with Crippen molar-refractivity contribution < 1.29 is 28.6 Å². The van der Waals surface area contributed by atoms with Gasteiger partial charge in [-0.15, -0.1) is 0 Å². The van der Waals surface area contributed by atoms with Crippen molar-refractivity contribution in [1.82, 2.24) is 0 Å². The molecule has 0 aliphatic heterocycles. The maximum absolute atomic E-state index is 12.9. The highest BCUT2D eigenvalue weighted by atomic mass is 16.6. The first kappa shape index (κ1) is 71.9. The van der Waals surface area contributed by atoms with E-state index in [9.17, 15) is 14.4 Å². The molecular formula is C68H128O6. The van der Waals surface area contributed by atoms with E-state index in [1.54, 1.807) is 0 Å². The second-order valence-corrected chi connectivity index (χ2v) is 22.7. The summed E-state index contributed by atoms with van der Waals surface area (Å²) in [6, 6.07) is 0. The number of esters is 3. The van der Waals surface area contributed by atoms with Crippen LogP contribution >= 0.6 is 0 Å². The Morgan fingerprint density at radius 3 is 0.743 bits per heavy atom. The highest BCUT2D eigenvalue weighted by molar-refractivity contribution is 5.71. The van der Waals surface area contributed by atoms with Crippen LogP contribution in [0.5, 0.6) is 0 Å². The summed E-state index contributed by atoms with van der Waals surface area (Å²) in [6.07, 6.45) is 76.3. The molecule has 0 aromatic rings. The van der Waals surface area contributed by atoms with Crippen LogP contribution in [0.15, 0.2) is 24.3 Å². The number of ether oxygens (including phenoxy) is 3. The van der Waals surface area contributed by atoms with E-state index in [0.717, 1.165) is 64.2 Å². The molecule has 0 fully saturated rings. The van der Waals surface area contributed by atoms with Crippen LogP contribution in [0.3, 0.4) is 0 Å². The van der Waals surface area contributed by atoms with Crippen LogP contribution in [-0.4, -0.2) is 37.2 Å². The van der Waals surface area contributed by atoms with E-state index in [0.29, 0.717) is 19.3 Å². The van der Waals surface area contributed by atoms with Crippen molar-refractivity contribution in [2.45, 2.75) is 380 Å². The maximum Gasteiger partial charge on any atom is 0.306 e. The first-order valence-corrected chi connectivity index (χ1v) is 33.3. The highest BCUT2D eigenvalue weighted by Gasteiger charge is 2.19. The van der Waals surface area contributed by atoms with Gasteiger partial charge in [0.1, 0.15) is 13.2 Å². The minimum atomic E-state index is -0.765. The quantitative estimate of drug-likeness (QED) is 0.0261. The zero-order valence-corrected chi connectivity index (χ0v) is 50.1. The molecule has 0 saturated heterocycles. The van der Waals surface area contributed by atoms with Gasteiger partial charge in [-0.2, -0.15) is 0 Å². The van der Waals surface area contributed by atoms with Gasteiger partial charge in [0.25, 0.3) is 0 Å². The van der Waals surface area contributed by atoms with Gasteiger partial charge in [0.2, 0.25) is 0 Å². The van der Waals surface area contributed by atoms with Crippen molar-refractivity contribution in [3.05, 3.63) is 24.3 Å². The Morgan fingerprint density at radius 1 is 0.270 bits per heavy atom. The Morgan fingerprint density at radius 2 is 0.486 bits per heavy atom. The van der Waals surface area contributed by atoms with E-state index in [2.05, 4.69) is 45.1 Å². The third kappa shape index (κ3) is 60.8. The number of hydrogen-bond donors (Lipinski definition) is 0. The Labute approximate surface area is 462 Å². The molecule has 436 valence electrons. The molecule has 0 aliphatic rings. The molecule has 0 spiro atoms. The molecule has 0 saturated carbocycles. The van der Waals surface area contributed by atoms with E-state index in [-0.39, 0.29) is 31.1 Å². The molecule has 0 aromatic carbocycles. The molecule has 0 N–H and O–H groups in total. The van der Waals surface area contributed by atoms with Gasteiger partial charge in [0, 0.05) is 19.3 Å². The molecule has 6 heteroatoms. The van der Waals surface area contributed by atoms with Crippen molar-refractivity contribution in [3.8, 4) is 0 Å². The summed E-state index contributed by atoms with van der Waals surface area (Å²) in [7, 11) is 0. The largest absolute Gasteiger partial charge is 0.462 e. The highest BCUT2D eigenvalue weighted by Crippen LogP contribution is 2.18. The zero-order chi connectivity index (χ0) is 53.6. The van der Waals surface area contributed by atoms with Gasteiger partial charge < -0.3 is 14.2 Å². The SMILES string of the molecule is CCCCCCC/C=C\C/C=C\CCCCCCCCCCCCCCCCCCCC(=O)OCC(COC(=O)CCCCCCCCCCCCC)OC(=O)CCCCCCCCCCCCCCCCCC. The third-order valence-corrected chi connectivity index (χ3v) is 15.2. The predicted molar refractivity (Wildman–Crippen MR) is 321 cm³/mol. The fraction of sp³-hybridized carbons (Fsp3) is 0.897. The van der Waals surface area contributed by atoms with Gasteiger partial charge in [-0.05, 0) is 51.4 Å². The Kier molecular flexibility index (Phi) is 61.6. The van der Waals surface area contributed by atoms with Crippen LogP contribution in [0.4, 0.5) is 0 Å². The predicted octanol–water partition coefficient (Wildman–Crippen LogP) is 22.6. The van der Waals surface area contributed by atoms with Gasteiger partial charge in [-0.25, -0.2) is 0 Å². The monoisotopic (exact) mass is 1040 g/mol. The molecule has 0 radical (unpaired) electrons. The van der Waals surface area contributed by atoms with Crippen LogP contribution in [0.25, 0.3) is 0 Å². The number of carbonyl (C=O) groups excluding carboxylic acids is 3. The summed E-state index contributed by atoms with van der Waals surface area (Å²) < 4.78 is 16.9. The molecule has 0 aromatic heterocycles. The van der Waals surface area contributed by atoms with Crippen molar-refractivity contribution in [3.63, 3.8) is 0 Å². The average molecular weight is 1040 g/mol. The summed E-state index contributed by atoms with van der Waals surface area (Å²) in [6.45, 7) is 6.69. The number of hydrogen-bond acceptors (Lipinski definition) is 6. The molecular weight excluding hydrogens is 913 g/mol. The fourth-order valence-corrected chi connectivity index (χ4v) is 10.2. The first-order chi connectivity index (χ1) is 36.5. The summed E-state index contributed by atoms with van der Waals surface area (Å²) in [5.41, 5.74) is 0. The molecule has 0 amide bonds. The summed E-state index contributed by atoms with van der Waals surface area (Å²) in [5, 5.41) is 0. The summed E-state index contributed by atoms with van der Waals surface area (Å²) >= 11 is 0. The first-order valence-electron chi connectivity index (χ1n) is 33.3. The topological polar surface area (TPSA) is 78.9 Å². The Balaban J connectivity index is 4.12. The van der Waals surface area contributed by atoms with Gasteiger partial charge in [-0.3, -0.25) is 14.4 Å². The maximum atomic E-state index is 12.9. The molecule has 0 aliphatic carbocycles. The van der Waals surface area contributed by atoms with Gasteiger partial charge in [0.05, 0.1) is 0 Å². The smallest absolute Gasteiger partial charge is 0.306 e. The molecule has 6 nitrogen and oxygen atoms in total. The minimum absolute atomic E-state index is 0.0638. The molecule has 0 bridgehead atoms. The van der Waals surface area contributed by atoms with Crippen LogP contribution < -0.4 is 0 Å². The van der Waals surface area contributed by atoms with E-state index in [4.69, 9.17) is 14.2 Å². The van der Waals surface area contributed by atoms with Crippen molar-refractivity contribution in [2.24, 2.45) is 0 Å². The van der Waals surface area contributed by atoms with E-state index in [1.807, 2.05) is 0 Å². The molecule has 74 heavy (non-hydrogen) atoms. The van der Waals surface area contributed by atoms with Crippen molar-refractivity contribution in [2.75, 3.05) is 13.2 Å². The van der Waals surface area contributed by atoms with Crippen LogP contribution in [0.2, 0.25) is 0 Å². The number of carbonyl (C=O) groups is 3. The van der Waals surface area contributed by atoms with Gasteiger partial charge in [0.15, 0.2) is 6.10 Å². The lowest BCUT2D eigenvalue weighted by Crippen LogP contribution is -2.30. The normalized spacial score (nSPS) is 12.1. The van der Waals surface area contributed by atoms with Crippen molar-refractivity contribution in [1.29, 1.82) is 0 Å². The second-order valence-electron chi connectivity index (χ2n) is 22.7. The minimum Gasteiger partial charge on any atom is -0.462 e.